The maximum absolute atomic E-state index is 6.52. The van der Waals surface area contributed by atoms with Gasteiger partial charge in [0.05, 0.1) is 31.3 Å². The highest BCUT2D eigenvalue weighted by Crippen LogP contribution is 2.41. The lowest BCUT2D eigenvalue weighted by Gasteiger charge is -2.42. The highest BCUT2D eigenvalue weighted by Gasteiger charge is 2.42. The maximum atomic E-state index is 6.52. The Hall–Kier alpha value is -1.39. The number of hydrogen-bond acceptors (Lipinski definition) is 2. The number of nitrogens with one attached hydrogen (secondary N) is 1. The van der Waals surface area contributed by atoms with Gasteiger partial charge in [-0.05, 0) is 24.0 Å². The van der Waals surface area contributed by atoms with Crippen LogP contribution in [0.25, 0.3) is 0 Å². The first-order chi connectivity index (χ1) is 13.8. The van der Waals surface area contributed by atoms with Gasteiger partial charge in [-0.1, -0.05) is 74.5 Å². The summed E-state index contributed by atoms with van der Waals surface area (Å²) in [6.07, 6.45) is 3.30. The monoisotopic (exact) mass is 417 g/mol. The van der Waals surface area contributed by atoms with Gasteiger partial charge in [0.25, 0.3) is 0 Å². The summed E-state index contributed by atoms with van der Waals surface area (Å²) in [7, 11) is 0. The molecule has 0 bridgehead atoms. The second kappa shape index (κ2) is 12.3. The average Bonchev–Trinajstić information content (AvgIpc) is 2.78. The van der Waals surface area contributed by atoms with Crippen molar-refractivity contribution in [2.24, 2.45) is 0 Å². The molecular formula is C25H36ClNO2. The van der Waals surface area contributed by atoms with Crippen LogP contribution in [0.5, 0.6) is 0 Å². The normalized spacial score (nSPS) is 16.2. The highest BCUT2D eigenvalue weighted by atomic mass is 35.5. The van der Waals surface area contributed by atoms with Crippen molar-refractivity contribution in [2.75, 3.05) is 39.5 Å². The maximum Gasteiger partial charge on any atom is 0.101 e. The lowest BCUT2D eigenvalue weighted by molar-refractivity contribution is -0.908. The second-order valence-electron chi connectivity index (χ2n) is 7.83. The van der Waals surface area contributed by atoms with Crippen molar-refractivity contribution >= 4 is 0 Å². The summed E-state index contributed by atoms with van der Waals surface area (Å²) in [5.74, 6) is 0. The van der Waals surface area contributed by atoms with Crippen LogP contribution in [0.3, 0.4) is 0 Å². The predicted molar refractivity (Wildman–Crippen MR) is 115 cm³/mol. The van der Waals surface area contributed by atoms with Gasteiger partial charge in [0, 0.05) is 13.0 Å². The van der Waals surface area contributed by atoms with Crippen molar-refractivity contribution in [1.29, 1.82) is 0 Å². The Labute approximate surface area is 182 Å². The number of rotatable bonds is 10. The molecular weight excluding hydrogens is 382 g/mol. The molecule has 4 heteroatoms. The van der Waals surface area contributed by atoms with E-state index in [1.54, 1.807) is 4.90 Å². The number of hydrogen-bond donors (Lipinski definition) is 1. The molecule has 3 rings (SSSR count). The summed E-state index contributed by atoms with van der Waals surface area (Å²) in [4.78, 5) is 1.65. The third kappa shape index (κ3) is 5.82. The van der Waals surface area contributed by atoms with E-state index >= 15 is 0 Å². The van der Waals surface area contributed by atoms with E-state index in [-0.39, 0.29) is 23.9 Å². The third-order valence-corrected chi connectivity index (χ3v) is 6.09. The second-order valence-corrected chi connectivity index (χ2v) is 7.83. The first-order valence-corrected chi connectivity index (χ1v) is 10.9. The van der Waals surface area contributed by atoms with Gasteiger partial charge in [-0.15, -0.1) is 0 Å². The number of ether oxygens (including phenoxy) is 2. The zero-order valence-electron chi connectivity index (χ0n) is 17.9. The van der Waals surface area contributed by atoms with E-state index < -0.39 is 0 Å². The van der Waals surface area contributed by atoms with Crippen molar-refractivity contribution in [3.63, 3.8) is 0 Å². The zero-order valence-corrected chi connectivity index (χ0v) is 18.7. The molecule has 0 spiro atoms. The number of morpholine rings is 1. The molecule has 160 valence electrons. The lowest BCUT2D eigenvalue weighted by atomic mass is 9.67. The van der Waals surface area contributed by atoms with Crippen LogP contribution in [0.4, 0.5) is 0 Å². The molecule has 1 saturated heterocycles. The van der Waals surface area contributed by atoms with E-state index in [4.69, 9.17) is 9.47 Å². The Morgan fingerprint density at radius 1 is 0.931 bits per heavy atom. The van der Waals surface area contributed by atoms with Crippen molar-refractivity contribution in [3.05, 3.63) is 71.8 Å². The van der Waals surface area contributed by atoms with Gasteiger partial charge in [-0.2, -0.15) is 0 Å². The van der Waals surface area contributed by atoms with Gasteiger partial charge in [0.2, 0.25) is 0 Å². The molecule has 1 heterocycles. The highest BCUT2D eigenvalue weighted by molar-refractivity contribution is 5.41. The predicted octanol–water partition coefficient (Wildman–Crippen LogP) is 0.487. The minimum atomic E-state index is -0.127. The minimum Gasteiger partial charge on any atom is -1.00 e. The molecule has 0 saturated carbocycles. The van der Waals surface area contributed by atoms with Gasteiger partial charge in [0.1, 0.15) is 13.1 Å². The van der Waals surface area contributed by atoms with Gasteiger partial charge in [-0.3, -0.25) is 0 Å². The van der Waals surface area contributed by atoms with Crippen LogP contribution >= 0.6 is 0 Å². The van der Waals surface area contributed by atoms with E-state index in [0.29, 0.717) is 0 Å². The van der Waals surface area contributed by atoms with Crippen LogP contribution in [0.1, 0.15) is 44.2 Å². The summed E-state index contributed by atoms with van der Waals surface area (Å²) < 4.78 is 12.1. The van der Waals surface area contributed by atoms with Crippen LogP contribution in [-0.2, 0) is 14.9 Å². The van der Waals surface area contributed by atoms with Crippen molar-refractivity contribution < 1.29 is 26.8 Å². The van der Waals surface area contributed by atoms with E-state index in [2.05, 4.69) is 74.5 Å². The minimum absolute atomic E-state index is 0. The van der Waals surface area contributed by atoms with Gasteiger partial charge >= 0.3 is 0 Å². The van der Waals surface area contributed by atoms with E-state index in [9.17, 15) is 0 Å². The van der Waals surface area contributed by atoms with Gasteiger partial charge in [0.15, 0.2) is 0 Å². The largest absolute Gasteiger partial charge is 1.00 e. The third-order valence-electron chi connectivity index (χ3n) is 6.09. The molecule has 0 radical (unpaired) electrons. The van der Waals surface area contributed by atoms with Crippen molar-refractivity contribution in [2.45, 2.75) is 44.6 Å². The zero-order chi connectivity index (χ0) is 19.7. The van der Waals surface area contributed by atoms with Gasteiger partial charge in [-0.25, -0.2) is 0 Å². The van der Waals surface area contributed by atoms with E-state index in [1.165, 1.54) is 11.1 Å². The summed E-state index contributed by atoms with van der Waals surface area (Å²) in [6, 6.07) is 22.1. The topological polar surface area (TPSA) is 22.9 Å². The SMILES string of the molecule is CCCOC(CC)C(CC[NH+]1CCOCC1)(c1ccccc1)c1ccccc1.[Cl-]. The standard InChI is InChI=1S/C25H35NO2.ClH/c1-3-19-28-24(4-2)25(22-11-7-5-8-12-22,23-13-9-6-10-14-23)15-16-26-17-20-27-21-18-26;/h5-14,24H,3-4,15-21H2,1-2H3;1H. The summed E-state index contributed by atoms with van der Waals surface area (Å²) >= 11 is 0. The number of benzene rings is 2. The Morgan fingerprint density at radius 3 is 1.97 bits per heavy atom. The van der Waals surface area contributed by atoms with Gasteiger partial charge < -0.3 is 26.8 Å². The first kappa shape index (κ1) is 23.9. The molecule has 29 heavy (non-hydrogen) atoms. The Morgan fingerprint density at radius 2 is 1.48 bits per heavy atom. The van der Waals surface area contributed by atoms with Crippen LogP contribution in [0.15, 0.2) is 60.7 Å². The Kier molecular flexibility index (Phi) is 10.2. The summed E-state index contributed by atoms with van der Waals surface area (Å²) in [6.45, 7) is 10.4. The molecule has 1 atom stereocenters. The fraction of sp³-hybridized carbons (Fsp3) is 0.520. The molecule has 0 aromatic heterocycles. The van der Waals surface area contributed by atoms with Crippen LogP contribution in [-0.4, -0.2) is 45.6 Å². The number of quaternary nitrogens is 1. The molecule has 1 fully saturated rings. The molecule has 2 aromatic carbocycles. The molecule has 1 unspecified atom stereocenters. The summed E-state index contributed by atoms with van der Waals surface area (Å²) in [5, 5.41) is 0. The van der Waals surface area contributed by atoms with Crippen molar-refractivity contribution in [1.82, 2.24) is 0 Å². The average molecular weight is 418 g/mol. The van der Waals surface area contributed by atoms with Crippen LogP contribution in [0.2, 0.25) is 0 Å². The molecule has 3 nitrogen and oxygen atoms in total. The van der Waals surface area contributed by atoms with Crippen LogP contribution < -0.4 is 17.3 Å². The smallest absolute Gasteiger partial charge is 0.101 e. The fourth-order valence-electron chi connectivity index (χ4n) is 4.61. The fourth-order valence-corrected chi connectivity index (χ4v) is 4.61. The molecule has 1 N–H and O–H groups in total. The molecule has 0 aliphatic carbocycles. The van der Waals surface area contributed by atoms with Crippen molar-refractivity contribution in [3.8, 4) is 0 Å². The molecule has 1 aliphatic rings. The Balaban J connectivity index is 0.00000300. The molecule has 1 aliphatic heterocycles. The first-order valence-electron chi connectivity index (χ1n) is 10.9. The summed E-state index contributed by atoms with van der Waals surface area (Å²) in [5.41, 5.74) is 2.62. The lowest BCUT2D eigenvalue weighted by Crippen LogP contribution is -3.14. The number of halogens is 1. The van der Waals surface area contributed by atoms with Crippen LogP contribution in [0, 0.1) is 0 Å². The molecule has 2 aromatic rings. The Bertz CT molecular complexity index is 634. The molecule has 0 amide bonds. The van der Waals surface area contributed by atoms with E-state index in [0.717, 1.165) is 58.7 Å². The van der Waals surface area contributed by atoms with E-state index in [1.807, 2.05) is 0 Å². The quantitative estimate of drug-likeness (QED) is 0.608.